The van der Waals surface area contributed by atoms with Crippen molar-refractivity contribution in [3.63, 3.8) is 0 Å². The van der Waals surface area contributed by atoms with Crippen LogP contribution in [0, 0.1) is 29.5 Å². The second-order valence-corrected chi connectivity index (χ2v) is 11.9. The zero-order valence-electron chi connectivity index (χ0n) is 22.8. The molecule has 2 aliphatic heterocycles. The van der Waals surface area contributed by atoms with Gasteiger partial charge in [-0.15, -0.1) is 0 Å². The minimum absolute atomic E-state index is 0.0877. The van der Waals surface area contributed by atoms with Crippen LogP contribution >= 0.6 is 11.3 Å². The maximum Gasteiger partial charge on any atom is 0.251 e. The number of aryl methyl sites for hydroxylation is 2. The number of benzene rings is 1. The number of hydrogen-bond donors (Lipinski definition) is 1. The Morgan fingerprint density at radius 1 is 1.25 bits per heavy atom. The highest BCUT2D eigenvalue weighted by Gasteiger charge is 2.53. The number of aliphatic hydroxyl groups is 1. The topological polar surface area (TPSA) is 101 Å². The summed E-state index contributed by atoms with van der Waals surface area (Å²) in [7, 11) is 1.94. The van der Waals surface area contributed by atoms with E-state index in [1.165, 1.54) is 30.4 Å². The summed E-state index contributed by atoms with van der Waals surface area (Å²) in [4.78, 5) is 23.4. The molecule has 1 atom stereocenters. The predicted octanol–water partition coefficient (Wildman–Crippen LogP) is 4.14. The highest BCUT2D eigenvalue weighted by molar-refractivity contribution is 7.16. The van der Waals surface area contributed by atoms with Gasteiger partial charge in [-0.3, -0.25) is 4.79 Å². The fourth-order valence-corrected chi connectivity index (χ4v) is 6.72. The van der Waals surface area contributed by atoms with E-state index in [9.17, 15) is 19.6 Å². The van der Waals surface area contributed by atoms with E-state index < -0.39 is 6.10 Å². The maximum atomic E-state index is 13.5. The third-order valence-corrected chi connectivity index (χ3v) is 8.91. The third-order valence-electron chi connectivity index (χ3n) is 7.87. The number of anilines is 3. The van der Waals surface area contributed by atoms with Gasteiger partial charge in [0.15, 0.2) is 5.13 Å². The lowest BCUT2D eigenvalue weighted by Crippen LogP contribution is -2.73. The lowest BCUT2D eigenvalue weighted by molar-refractivity contribution is -0.153. The molecule has 6 rings (SSSR count). The number of pyridine rings is 1. The van der Waals surface area contributed by atoms with E-state index in [1.807, 2.05) is 23.4 Å². The Morgan fingerprint density at radius 2 is 1.95 bits per heavy atom. The largest absolute Gasteiger partial charge is 0.384 e. The van der Waals surface area contributed by atoms with Gasteiger partial charge in [-0.1, -0.05) is 18.3 Å². The third kappa shape index (κ3) is 4.19. The minimum atomic E-state index is -0.961. The molecule has 2 fully saturated rings. The number of halogens is 1. The van der Waals surface area contributed by atoms with Crippen LogP contribution in [0.3, 0.4) is 0 Å². The molecule has 0 unspecified atom stereocenters. The first-order valence-corrected chi connectivity index (χ1v) is 14.1. The molecule has 4 aromatic rings. The van der Waals surface area contributed by atoms with Crippen LogP contribution in [0.25, 0.3) is 16.8 Å². The lowest BCUT2D eigenvalue weighted by Gasteiger charge is -2.61. The monoisotopic (exact) mass is 559 g/mol. The van der Waals surface area contributed by atoms with E-state index in [-0.39, 0.29) is 17.1 Å². The Labute approximate surface area is 235 Å². The van der Waals surface area contributed by atoms with Crippen LogP contribution in [-0.4, -0.2) is 69.8 Å². The van der Waals surface area contributed by atoms with Crippen LogP contribution in [-0.2, 0) is 11.2 Å². The molecule has 5 heterocycles. The molecular weight excluding hydrogens is 529 g/mol. The number of rotatable bonds is 6. The number of likely N-dealkylation sites (tertiary alicyclic amines) is 1. The summed E-state index contributed by atoms with van der Waals surface area (Å²) >= 11 is 1.30. The number of aromatic nitrogens is 3. The number of thiazole rings is 1. The Morgan fingerprint density at radius 3 is 2.58 bits per heavy atom. The number of carbonyl (C=O) groups is 1. The standard InChI is InChI=1S/C29H30FN7O2S/c1-5-22-26(34(4)28-32-25(24(12-31)40-28)19-6-8-20(30)9-7-19)23-11-21(10-17(2)37(23)33-22)35-13-29(14-35)15-36(16-29)27(39)18(3)38/h6-11,18,38H,5,13-16H2,1-4H3/t18-/m1/s1. The Hall–Kier alpha value is -4.01. The summed E-state index contributed by atoms with van der Waals surface area (Å²) in [6, 6.07) is 12.5. The molecule has 9 nitrogen and oxygen atoms in total. The number of nitriles is 1. The van der Waals surface area contributed by atoms with Gasteiger partial charge in [0, 0.05) is 55.6 Å². The van der Waals surface area contributed by atoms with Crippen LogP contribution in [0.15, 0.2) is 36.4 Å². The average Bonchev–Trinajstić information content (AvgIpc) is 3.49. The van der Waals surface area contributed by atoms with Gasteiger partial charge >= 0.3 is 0 Å². The molecule has 0 radical (unpaired) electrons. The van der Waals surface area contributed by atoms with Crippen molar-refractivity contribution in [1.29, 1.82) is 5.26 Å². The number of amides is 1. The molecule has 11 heteroatoms. The highest BCUT2D eigenvalue weighted by Crippen LogP contribution is 2.44. The summed E-state index contributed by atoms with van der Waals surface area (Å²) in [5.74, 6) is -0.541. The van der Waals surface area contributed by atoms with Crippen molar-refractivity contribution in [3.05, 3.63) is 58.5 Å². The smallest absolute Gasteiger partial charge is 0.251 e. The first kappa shape index (κ1) is 26.2. The molecule has 3 aromatic heterocycles. The first-order valence-electron chi connectivity index (χ1n) is 13.3. The van der Waals surface area contributed by atoms with Crippen molar-refractivity contribution >= 4 is 39.3 Å². The SMILES string of the molecule is CCc1nn2c(C)cc(N3CC4(CN(C(=O)[C@@H](C)O)C4)C3)cc2c1N(C)c1nc(-c2ccc(F)cc2)c(C#N)s1. The van der Waals surface area contributed by atoms with Crippen LogP contribution in [0.4, 0.5) is 20.9 Å². The van der Waals surface area contributed by atoms with E-state index in [0.29, 0.717) is 34.4 Å². The quantitative estimate of drug-likeness (QED) is 0.379. The normalized spacial score (nSPS) is 16.5. The molecular formula is C29H30FN7O2S. The summed E-state index contributed by atoms with van der Waals surface area (Å²) in [6.07, 6.45) is -0.241. The van der Waals surface area contributed by atoms with E-state index >= 15 is 0 Å². The van der Waals surface area contributed by atoms with Crippen LogP contribution < -0.4 is 9.80 Å². The van der Waals surface area contributed by atoms with Crippen molar-refractivity contribution in [2.24, 2.45) is 5.41 Å². The lowest BCUT2D eigenvalue weighted by atomic mass is 9.72. The van der Waals surface area contributed by atoms with Gasteiger partial charge in [0.05, 0.1) is 16.9 Å². The van der Waals surface area contributed by atoms with E-state index in [4.69, 9.17) is 10.1 Å². The van der Waals surface area contributed by atoms with Crippen LogP contribution in [0.1, 0.15) is 30.1 Å². The highest BCUT2D eigenvalue weighted by atomic mass is 32.1. The summed E-state index contributed by atoms with van der Waals surface area (Å²) < 4.78 is 15.5. The molecule has 206 valence electrons. The van der Waals surface area contributed by atoms with Crippen molar-refractivity contribution < 1.29 is 14.3 Å². The predicted molar refractivity (Wildman–Crippen MR) is 152 cm³/mol. The van der Waals surface area contributed by atoms with Crippen LogP contribution in [0.2, 0.25) is 0 Å². The zero-order chi connectivity index (χ0) is 28.3. The fourth-order valence-electron chi connectivity index (χ4n) is 5.87. The number of nitrogens with zero attached hydrogens (tertiary/aromatic N) is 7. The zero-order valence-corrected chi connectivity index (χ0v) is 23.7. The van der Waals surface area contributed by atoms with Crippen molar-refractivity contribution in [2.45, 2.75) is 33.3 Å². The minimum Gasteiger partial charge on any atom is -0.384 e. The fraction of sp³-hybridized carbons (Fsp3) is 0.379. The Bertz CT molecular complexity index is 1660. The molecule has 2 aliphatic rings. The summed E-state index contributed by atoms with van der Waals surface area (Å²) in [6.45, 7) is 8.68. The molecule has 0 saturated carbocycles. The van der Waals surface area contributed by atoms with Gasteiger partial charge in [-0.05, 0) is 56.7 Å². The number of hydrogen-bond acceptors (Lipinski definition) is 8. The molecule has 1 amide bonds. The van der Waals surface area contributed by atoms with Gasteiger partial charge in [0.2, 0.25) is 0 Å². The molecule has 1 aromatic carbocycles. The molecule has 2 saturated heterocycles. The summed E-state index contributed by atoms with van der Waals surface area (Å²) in [5.41, 5.74) is 6.23. The molecule has 40 heavy (non-hydrogen) atoms. The Balaban J connectivity index is 1.31. The van der Waals surface area contributed by atoms with Crippen molar-refractivity contribution in [3.8, 4) is 17.3 Å². The number of fused-ring (bicyclic) bond motifs is 1. The molecule has 1 spiro atoms. The molecule has 0 aliphatic carbocycles. The first-order chi connectivity index (χ1) is 19.1. The van der Waals surface area contributed by atoms with E-state index in [2.05, 4.69) is 30.0 Å². The second kappa shape index (κ2) is 9.57. The van der Waals surface area contributed by atoms with E-state index in [1.54, 1.807) is 17.0 Å². The van der Waals surface area contributed by atoms with Gasteiger partial charge in [-0.2, -0.15) is 10.4 Å². The van der Waals surface area contributed by atoms with Gasteiger partial charge in [-0.25, -0.2) is 13.9 Å². The average molecular weight is 560 g/mol. The maximum absolute atomic E-state index is 13.5. The van der Waals surface area contributed by atoms with Crippen LogP contribution in [0.5, 0.6) is 0 Å². The second-order valence-electron chi connectivity index (χ2n) is 10.9. The van der Waals surface area contributed by atoms with Gasteiger partial charge in [0.1, 0.15) is 28.6 Å². The summed E-state index contributed by atoms with van der Waals surface area (Å²) in [5, 5.41) is 25.0. The van der Waals surface area contributed by atoms with E-state index in [0.717, 1.165) is 47.8 Å². The van der Waals surface area contributed by atoms with Crippen molar-refractivity contribution in [1.82, 2.24) is 19.5 Å². The van der Waals surface area contributed by atoms with Crippen molar-refractivity contribution in [2.75, 3.05) is 43.0 Å². The van der Waals surface area contributed by atoms with Gasteiger partial charge in [0.25, 0.3) is 5.91 Å². The molecule has 0 bridgehead atoms. The number of aliphatic hydroxyl groups excluding tert-OH is 1. The van der Waals surface area contributed by atoms with Gasteiger partial charge < -0.3 is 19.8 Å². The molecule has 1 N–H and O–H groups in total. The Kier molecular flexibility index (Phi) is 6.27. The number of carbonyl (C=O) groups excluding carboxylic acids is 1.